The van der Waals surface area contributed by atoms with E-state index in [1.54, 1.807) is 0 Å². The standard InChI is InChI=1S/C14H18O7/c1-9(15)20-7-14(8-21-10(2)16)5-4-12(17)11(6-14)13(18)19-3/h6H,4-5,7-8H2,1-3H3. The van der Waals surface area contributed by atoms with Crippen LogP contribution in [0.15, 0.2) is 11.6 Å². The molecule has 0 saturated carbocycles. The third-order valence-electron chi connectivity index (χ3n) is 3.13. The molecule has 0 aliphatic heterocycles. The maximum Gasteiger partial charge on any atom is 0.341 e. The molecule has 0 aromatic heterocycles. The van der Waals surface area contributed by atoms with Gasteiger partial charge in [-0.2, -0.15) is 0 Å². The van der Waals surface area contributed by atoms with Crippen LogP contribution in [-0.2, 0) is 33.4 Å². The number of rotatable bonds is 5. The summed E-state index contributed by atoms with van der Waals surface area (Å²) in [6, 6.07) is 0. The molecule has 0 heterocycles. The van der Waals surface area contributed by atoms with Crippen molar-refractivity contribution in [2.45, 2.75) is 26.7 Å². The Labute approximate surface area is 122 Å². The minimum atomic E-state index is -0.894. The molecule has 0 saturated heterocycles. The summed E-state index contributed by atoms with van der Waals surface area (Å²) in [5, 5.41) is 0. The number of hydrogen-bond donors (Lipinski definition) is 0. The second kappa shape index (κ2) is 7.01. The second-order valence-electron chi connectivity index (χ2n) is 4.90. The molecule has 7 nitrogen and oxygen atoms in total. The van der Waals surface area contributed by atoms with Crippen LogP contribution in [0.5, 0.6) is 0 Å². The van der Waals surface area contributed by atoms with Crippen molar-refractivity contribution in [1.82, 2.24) is 0 Å². The summed E-state index contributed by atoms with van der Waals surface area (Å²) >= 11 is 0. The van der Waals surface area contributed by atoms with Crippen molar-refractivity contribution in [1.29, 1.82) is 0 Å². The van der Waals surface area contributed by atoms with Crippen molar-refractivity contribution in [2.24, 2.45) is 5.41 Å². The molecule has 1 aliphatic rings. The highest BCUT2D eigenvalue weighted by molar-refractivity contribution is 6.17. The van der Waals surface area contributed by atoms with E-state index in [2.05, 4.69) is 4.74 Å². The number of carbonyl (C=O) groups is 4. The molecule has 0 atom stereocenters. The molecule has 0 N–H and O–H groups in total. The topological polar surface area (TPSA) is 96.0 Å². The lowest BCUT2D eigenvalue weighted by Crippen LogP contribution is -2.37. The molecule has 21 heavy (non-hydrogen) atoms. The van der Waals surface area contributed by atoms with Gasteiger partial charge in [0.2, 0.25) is 0 Å². The average Bonchev–Trinajstić information content (AvgIpc) is 2.44. The molecule has 0 aromatic carbocycles. The number of esters is 3. The predicted octanol–water partition coefficient (Wildman–Crippen LogP) is 0.561. The second-order valence-corrected chi connectivity index (χ2v) is 4.90. The summed E-state index contributed by atoms with van der Waals surface area (Å²) in [7, 11) is 1.17. The first-order valence-corrected chi connectivity index (χ1v) is 6.41. The van der Waals surface area contributed by atoms with Crippen molar-refractivity contribution >= 4 is 23.7 Å². The highest BCUT2D eigenvalue weighted by Crippen LogP contribution is 2.34. The van der Waals surface area contributed by atoms with Gasteiger partial charge in [0.15, 0.2) is 5.78 Å². The lowest BCUT2D eigenvalue weighted by Gasteiger charge is -2.32. The Morgan fingerprint density at radius 3 is 2.10 bits per heavy atom. The van der Waals surface area contributed by atoms with Crippen LogP contribution in [0.2, 0.25) is 0 Å². The van der Waals surface area contributed by atoms with Gasteiger partial charge in [-0.15, -0.1) is 0 Å². The smallest absolute Gasteiger partial charge is 0.341 e. The largest absolute Gasteiger partial charge is 0.465 e. The number of methoxy groups -OCH3 is 1. The van der Waals surface area contributed by atoms with Gasteiger partial charge in [-0.25, -0.2) is 4.79 Å². The van der Waals surface area contributed by atoms with Gasteiger partial charge in [0.1, 0.15) is 13.2 Å². The van der Waals surface area contributed by atoms with Crippen LogP contribution in [0.4, 0.5) is 0 Å². The number of carbonyl (C=O) groups excluding carboxylic acids is 4. The summed E-state index contributed by atoms with van der Waals surface area (Å²) in [5.41, 5.74) is -1.00. The van der Waals surface area contributed by atoms with E-state index in [0.29, 0.717) is 6.42 Å². The van der Waals surface area contributed by atoms with E-state index in [0.717, 1.165) is 0 Å². The summed E-state index contributed by atoms with van der Waals surface area (Å²) < 4.78 is 14.5. The van der Waals surface area contributed by atoms with Gasteiger partial charge < -0.3 is 14.2 Å². The third kappa shape index (κ3) is 4.70. The van der Waals surface area contributed by atoms with Crippen molar-refractivity contribution in [3.05, 3.63) is 11.6 Å². The number of Topliss-reactive ketones (excluding diaryl/α,β-unsaturated/α-hetero) is 1. The van der Waals surface area contributed by atoms with Crippen molar-refractivity contribution in [3.63, 3.8) is 0 Å². The molecule has 0 unspecified atom stereocenters. The molecule has 0 fully saturated rings. The van der Waals surface area contributed by atoms with Crippen molar-refractivity contribution in [3.8, 4) is 0 Å². The van der Waals surface area contributed by atoms with E-state index in [1.165, 1.54) is 27.0 Å². The fourth-order valence-corrected chi connectivity index (χ4v) is 2.00. The Morgan fingerprint density at radius 1 is 1.14 bits per heavy atom. The predicted molar refractivity (Wildman–Crippen MR) is 70.0 cm³/mol. The highest BCUT2D eigenvalue weighted by atomic mass is 16.5. The zero-order chi connectivity index (χ0) is 16.0. The molecule has 7 heteroatoms. The van der Waals surface area contributed by atoms with Crippen LogP contribution in [0.3, 0.4) is 0 Å². The van der Waals surface area contributed by atoms with E-state index in [1.807, 2.05) is 0 Å². The van der Waals surface area contributed by atoms with E-state index in [9.17, 15) is 19.2 Å². The lowest BCUT2D eigenvalue weighted by atomic mass is 9.77. The molecule has 1 rings (SSSR count). The van der Waals surface area contributed by atoms with Crippen molar-refractivity contribution in [2.75, 3.05) is 20.3 Å². The zero-order valence-electron chi connectivity index (χ0n) is 12.3. The summed E-state index contributed by atoms with van der Waals surface area (Å²) in [6.07, 6.45) is 1.78. The quantitative estimate of drug-likeness (QED) is 0.415. The maximum atomic E-state index is 11.8. The van der Waals surface area contributed by atoms with Gasteiger partial charge in [-0.05, 0) is 6.42 Å². The van der Waals surface area contributed by atoms with Crippen LogP contribution in [0.1, 0.15) is 26.7 Å². The molecule has 116 valence electrons. The summed E-state index contributed by atoms with van der Waals surface area (Å²) in [6.45, 7) is 2.34. The minimum absolute atomic E-state index is 0.0800. The first-order chi connectivity index (χ1) is 9.79. The van der Waals surface area contributed by atoms with Gasteiger partial charge in [0, 0.05) is 20.3 Å². The normalized spacial score (nSPS) is 16.7. The molecule has 0 radical (unpaired) electrons. The summed E-state index contributed by atoms with van der Waals surface area (Å²) in [5.74, 6) is -2.10. The first-order valence-electron chi connectivity index (χ1n) is 6.41. The van der Waals surface area contributed by atoms with Crippen LogP contribution in [0.25, 0.3) is 0 Å². The van der Waals surface area contributed by atoms with E-state index in [4.69, 9.17) is 9.47 Å². The number of ether oxygens (including phenoxy) is 3. The molecule has 0 spiro atoms. The number of ketones is 1. The van der Waals surface area contributed by atoms with Gasteiger partial charge in [-0.1, -0.05) is 6.08 Å². The molecular formula is C14H18O7. The van der Waals surface area contributed by atoms with Gasteiger partial charge in [-0.3, -0.25) is 14.4 Å². The lowest BCUT2D eigenvalue weighted by molar-refractivity contribution is -0.149. The van der Waals surface area contributed by atoms with E-state index < -0.39 is 23.3 Å². The molecule has 0 aromatic rings. The van der Waals surface area contributed by atoms with Crippen molar-refractivity contribution < 1.29 is 33.4 Å². The van der Waals surface area contributed by atoms with Crippen LogP contribution in [-0.4, -0.2) is 44.0 Å². The Balaban J connectivity index is 3.06. The van der Waals surface area contributed by atoms with Gasteiger partial charge in [0.25, 0.3) is 0 Å². The molecule has 0 amide bonds. The molecular weight excluding hydrogens is 280 g/mol. The minimum Gasteiger partial charge on any atom is -0.465 e. The van der Waals surface area contributed by atoms with Crippen LogP contribution in [0, 0.1) is 5.41 Å². The Hall–Kier alpha value is -2.18. The molecule has 0 bridgehead atoms. The third-order valence-corrected chi connectivity index (χ3v) is 3.13. The Bertz CT molecular complexity index is 472. The SMILES string of the molecule is COC(=O)C1=CC(COC(C)=O)(COC(C)=O)CCC1=O. The monoisotopic (exact) mass is 298 g/mol. The highest BCUT2D eigenvalue weighted by Gasteiger charge is 2.39. The fraction of sp³-hybridized carbons (Fsp3) is 0.571. The average molecular weight is 298 g/mol. The number of hydrogen-bond acceptors (Lipinski definition) is 7. The zero-order valence-corrected chi connectivity index (χ0v) is 12.3. The Kier molecular flexibility index (Phi) is 5.63. The van der Waals surface area contributed by atoms with Gasteiger partial charge >= 0.3 is 17.9 Å². The van der Waals surface area contributed by atoms with Gasteiger partial charge in [0.05, 0.1) is 18.1 Å². The summed E-state index contributed by atoms with van der Waals surface area (Å²) in [4.78, 5) is 45.4. The maximum absolute atomic E-state index is 11.8. The van der Waals surface area contributed by atoms with Crippen LogP contribution < -0.4 is 0 Å². The van der Waals surface area contributed by atoms with E-state index >= 15 is 0 Å². The fourth-order valence-electron chi connectivity index (χ4n) is 2.00. The Morgan fingerprint density at radius 2 is 1.67 bits per heavy atom. The van der Waals surface area contributed by atoms with E-state index in [-0.39, 0.29) is 31.0 Å². The van der Waals surface area contributed by atoms with Crippen LogP contribution >= 0.6 is 0 Å². The molecule has 1 aliphatic carbocycles. The first kappa shape index (κ1) is 16.9.